The van der Waals surface area contributed by atoms with Crippen molar-refractivity contribution >= 4 is 29.4 Å². The number of amides is 3. The predicted molar refractivity (Wildman–Crippen MR) is 116 cm³/mol. The van der Waals surface area contributed by atoms with E-state index < -0.39 is 36.2 Å². The van der Waals surface area contributed by atoms with Gasteiger partial charge < -0.3 is 14.8 Å². The molecule has 0 aliphatic carbocycles. The Morgan fingerprint density at radius 2 is 1.88 bits per heavy atom. The highest BCUT2D eigenvalue weighted by molar-refractivity contribution is 5.99. The topological polar surface area (TPSA) is 114 Å². The normalized spacial score (nSPS) is 15.3. The van der Waals surface area contributed by atoms with Gasteiger partial charge in [0.2, 0.25) is 5.91 Å². The van der Waals surface area contributed by atoms with Crippen LogP contribution in [0.3, 0.4) is 0 Å². The van der Waals surface area contributed by atoms with E-state index in [-0.39, 0.29) is 18.5 Å². The second-order valence-electron chi connectivity index (χ2n) is 7.52. The molecule has 2 aromatic carbocycles. The standard InChI is InChI=1S/C23H25N3O6/c1-14-8-9-15(2)18(10-14)24-20(27)13-32-23(30)16-11-21(28)26(12-16)25-22(29)17-6-4-5-7-19(17)31-3/h4-10,16H,11-13H2,1-3H3,(H,24,27)(H,25,29)/t16-/m0/s1. The summed E-state index contributed by atoms with van der Waals surface area (Å²) in [5.74, 6) is -2.52. The maximum atomic E-state index is 12.5. The lowest BCUT2D eigenvalue weighted by Gasteiger charge is -2.18. The summed E-state index contributed by atoms with van der Waals surface area (Å²) in [5.41, 5.74) is 5.27. The van der Waals surface area contributed by atoms with Crippen LogP contribution in [0.2, 0.25) is 0 Å². The van der Waals surface area contributed by atoms with Crippen molar-refractivity contribution < 1.29 is 28.7 Å². The molecular weight excluding hydrogens is 414 g/mol. The minimum absolute atomic E-state index is 0.0445. The highest BCUT2D eigenvalue weighted by Crippen LogP contribution is 2.21. The van der Waals surface area contributed by atoms with Gasteiger partial charge in [-0.25, -0.2) is 0 Å². The molecule has 3 amide bonds. The number of para-hydroxylation sites is 1. The van der Waals surface area contributed by atoms with E-state index in [0.29, 0.717) is 11.4 Å². The largest absolute Gasteiger partial charge is 0.496 e. The van der Waals surface area contributed by atoms with Crippen molar-refractivity contribution in [2.24, 2.45) is 5.92 Å². The molecule has 9 nitrogen and oxygen atoms in total. The number of hydrogen-bond donors (Lipinski definition) is 2. The summed E-state index contributed by atoms with van der Waals surface area (Å²) in [5, 5.41) is 3.79. The maximum Gasteiger partial charge on any atom is 0.311 e. The highest BCUT2D eigenvalue weighted by atomic mass is 16.5. The van der Waals surface area contributed by atoms with E-state index in [9.17, 15) is 19.2 Å². The van der Waals surface area contributed by atoms with Crippen molar-refractivity contribution in [3.8, 4) is 5.75 Å². The van der Waals surface area contributed by atoms with Gasteiger partial charge in [-0.3, -0.25) is 29.6 Å². The molecule has 0 radical (unpaired) electrons. The Kier molecular flexibility index (Phi) is 7.09. The van der Waals surface area contributed by atoms with Crippen LogP contribution in [-0.4, -0.2) is 49.0 Å². The summed E-state index contributed by atoms with van der Waals surface area (Å²) in [7, 11) is 1.44. The fourth-order valence-electron chi connectivity index (χ4n) is 3.30. The Labute approximate surface area is 185 Å². The van der Waals surface area contributed by atoms with E-state index in [1.54, 1.807) is 24.3 Å². The number of carbonyl (C=O) groups excluding carboxylic acids is 4. The minimum atomic E-state index is -0.783. The quantitative estimate of drug-likeness (QED) is 0.638. The van der Waals surface area contributed by atoms with E-state index in [1.165, 1.54) is 7.11 Å². The average Bonchev–Trinajstić information content (AvgIpc) is 3.14. The number of carbonyl (C=O) groups is 4. The molecule has 0 saturated carbocycles. The predicted octanol–water partition coefficient (Wildman–Crippen LogP) is 1.99. The summed E-state index contributed by atoms with van der Waals surface area (Å²) < 4.78 is 10.2. The lowest BCUT2D eigenvalue weighted by molar-refractivity contribution is -0.151. The molecule has 3 rings (SSSR count). The van der Waals surface area contributed by atoms with Crippen molar-refractivity contribution in [1.29, 1.82) is 0 Å². The first-order valence-corrected chi connectivity index (χ1v) is 10.1. The van der Waals surface area contributed by atoms with Gasteiger partial charge in [0.05, 0.1) is 25.1 Å². The van der Waals surface area contributed by atoms with Gasteiger partial charge in [0.1, 0.15) is 5.75 Å². The number of nitrogens with zero attached hydrogens (tertiary/aromatic N) is 1. The van der Waals surface area contributed by atoms with Gasteiger partial charge in [-0.05, 0) is 43.2 Å². The fraction of sp³-hybridized carbons (Fsp3) is 0.304. The third-order valence-electron chi connectivity index (χ3n) is 5.06. The Morgan fingerprint density at radius 3 is 2.62 bits per heavy atom. The van der Waals surface area contributed by atoms with Gasteiger partial charge in [-0.15, -0.1) is 0 Å². The summed E-state index contributed by atoms with van der Waals surface area (Å²) in [6, 6.07) is 12.2. The molecule has 0 spiro atoms. The first-order chi connectivity index (χ1) is 15.3. The second kappa shape index (κ2) is 9.95. The molecule has 32 heavy (non-hydrogen) atoms. The Morgan fingerprint density at radius 1 is 1.12 bits per heavy atom. The molecule has 0 unspecified atom stereocenters. The van der Waals surface area contributed by atoms with E-state index >= 15 is 0 Å². The number of ether oxygens (including phenoxy) is 2. The van der Waals surface area contributed by atoms with E-state index in [0.717, 1.165) is 16.1 Å². The molecule has 1 aliphatic rings. The zero-order valence-electron chi connectivity index (χ0n) is 18.1. The first-order valence-electron chi connectivity index (χ1n) is 10.1. The number of rotatable bonds is 7. The van der Waals surface area contributed by atoms with Gasteiger partial charge in [0.15, 0.2) is 6.61 Å². The third kappa shape index (κ3) is 5.42. The molecule has 168 valence electrons. The number of hydrazine groups is 1. The first kappa shape index (κ1) is 22.8. The van der Waals surface area contributed by atoms with Crippen molar-refractivity contribution in [3.63, 3.8) is 0 Å². The maximum absolute atomic E-state index is 12.5. The lowest BCUT2D eigenvalue weighted by Crippen LogP contribution is -2.43. The fourth-order valence-corrected chi connectivity index (χ4v) is 3.30. The number of aryl methyl sites for hydroxylation is 2. The third-order valence-corrected chi connectivity index (χ3v) is 5.06. The number of anilines is 1. The van der Waals surface area contributed by atoms with Crippen LogP contribution in [0.4, 0.5) is 5.69 Å². The van der Waals surface area contributed by atoms with Crippen molar-refractivity contribution in [3.05, 3.63) is 59.2 Å². The molecule has 1 fully saturated rings. The van der Waals surface area contributed by atoms with Crippen LogP contribution in [0, 0.1) is 19.8 Å². The van der Waals surface area contributed by atoms with Crippen molar-refractivity contribution in [2.45, 2.75) is 20.3 Å². The number of hydrogen-bond acceptors (Lipinski definition) is 6. The van der Waals surface area contributed by atoms with Crippen LogP contribution >= 0.6 is 0 Å². The van der Waals surface area contributed by atoms with Crippen LogP contribution in [0.1, 0.15) is 27.9 Å². The second-order valence-corrected chi connectivity index (χ2v) is 7.52. The molecule has 9 heteroatoms. The van der Waals surface area contributed by atoms with Gasteiger partial charge in [0.25, 0.3) is 11.8 Å². The average molecular weight is 439 g/mol. The van der Waals surface area contributed by atoms with E-state index in [1.807, 2.05) is 32.0 Å². The van der Waals surface area contributed by atoms with E-state index in [4.69, 9.17) is 9.47 Å². The van der Waals surface area contributed by atoms with Gasteiger partial charge in [0, 0.05) is 12.1 Å². The molecule has 0 aromatic heterocycles. The molecule has 1 aliphatic heterocycles. The van der Waals surface area contributed by atoms with Gasteiger partial charge in [-0.1, -0.05) is 24.3 Å². The summed E-state index contributed by atoms with van der Waals surface area (Å²) in [4.78, 5) is 49.2. The molecule has 1 heterocycles. The lowest BCUT2D eigenvalue weighted by atomic mass is 10.1. The highest BCUT2D eigenvalue weighted by Gasteiger charge is 2.37. The van der Waals surface area contributed by atoms with Gasteiger partial charge in [-0.2, -0.15) is 0 Å². The zero-order valence-corrected chi connectivity index (χ0v) is 18.1. The number of benzene rings is 2. The summed E-state index contributed by atoms with van der Waals surface area (Å²) in [6.07, 6.45) is -0.121. The number of nitrogens with one attached hydrogen (secondary N) is 2. The number of esters is 1. The monoisotopic (exact) mass is 439 g/mol. The number of methoxy groups -OCH3 is 1. The van der Waals surface area contributed by atoms with Crippen molar-refractivity contribution in [1.82, 2.24) is 10.4 Å². The summed E-state index contributed by atoms with van der Waals surface area (Å²) in [6.45, 7) is 3.26. The zero-order chi connectivity index (χ0) is 23.3. The molecule has 1 atom stereocenters. The smallest absolute Gasteiger partial charge is 0.311 e. The summed E-state index contributed by atoms with van der Waals surface area (Å²) >= 11 is 0. The Balaban J connectivity index is 1.52. The molecule has 2 N–H and O–H groups in total. The molecule has 0 bridgehead atoms. The minimum Gasteiger partial charge on any atom is -0.496 e. The van der Waals surface area contributed by atoms with Crippen LogP contribution < -0.4 is 15.5 Å². The Hall–Kier alpha value is -3.88. The molecule has 1 saturated heterocycles. The van der Waals surface area contributed by atoms with E-state index in [2.05, 4.69) is 10.7 Å². The van der Waals surface area contributed by atoms with Crippen LogP contribution in [0.15, 0.2) is 42.5 Å². The Bertz CT molecular complexity index is 1050. The van der Waals surface area contributed by atoms with Crippen LogP contribution in [0.25, 0.3) is 0 Å². The van der Waals surface area contributed by atoms with Crippen LogP contribution in [0.5, 0.6) is 5.75 Å². The van der Waals surface area contributed by atoms with Crippen molar-refractivity contribution in [2.75, 3.05) is 25.6 Å². The molecule has 2 aromatic rings. The van der Waals surface area contributed by atoms with Crippen LogP contribution in [-0.2, 0) is 19.1 Å². The SMILES string of the molecule is COc1ccccc1C(=O)NN1C[C@@H](C(=O)OCC(=O)Nc2cc(C)ccc2C)CC1=O. The van der Waals surface area contributed by atoms with Gasteiger partial charge >= 0.3 is 5.97 Å². The molecular formula is C23H25N3O6.